The Labute approximate surface area is 136 Å². The zero-order chi connectivity index (χ0) is 16.8. The van der Waals surface area contributed by atoms with Crippen LogP contribution in [0.15, 0.2) is 34.9 Å². The molecule has 1 heterocycles. The van der Waals surface area contributed by atoms with Gasteiger partial charge in [0.25, 0.3) is 0 Å². The lowest BCUT2D eigenvalue weighted by molar-refractivity contribution is -0.116. The van der Waals surface area contributed by atoms with Crippen LogP contribution in [0.1, 0.15) is 30.7 Å². The normalized spacial score (nSPS) is 12.2. The molecule has 1 aromatic carbocycles. The lowest BCUT2D eigenvalue weighted by Gasteiger charge is -2.26. The summed E-state index contributed by atoms with van der Waals surface area (Å²) in [5.74, 6) is 1.89. The lowest BCUT2D eigenvalue weighted by Crippen LogP contribution is -2.27. The highest BCUT2D eigenvalue weighted by molar-refractivity contribution is 5.89. The first-order chi connectivity index (χ1) is 11.0. The summed E-state index contributed by atoms with van der Waals surface area (Å²) in [6.07, 6.45) is 0.377. The molecule has 2 rings (SSSR count). The maximum atomic E-state index is 12.0. The van der Waals surface area contributed by atoms with Gasteiger partial charge in [-0.2, -0.15) is 0 Å². The average molecular weight is 317 g/mol. The van der Waals surface area contributed by atoms with Crippen molar-refractivity contribution in [2.45, 2.75) is 26.3 Å². The monoisotopic (exact) mass is 317 g/mol. The van der Waals surface area contributed by atoms with Crippen molar-refractivity contribution in [3.63, 3.8) is 0 Å². The molecule has 6 heteroatoms. The Morgan fingerprint density at radius 1 is 1.43 bits per heavy atom. The van der Waals surface area contributed by atoms with Gasteiger partial charge in [0.15, 0.2) is 5.82 Å². The van der Waals surface area contributed by atoms with E-state index in [1.54, 1.807) is 20.1 Å². The second-order valence-electron chi connectivity index (χ2n) is 5.52. The number of amides is 1. The van der Waals surface area contributed by atoms with Crippen LogP contribution < -0.4 is 10.1 Å². The van der Waals surface area contributed by atoms with Crippen molar-refractivity contribution in [2.75, 3.05) is 26.0 Å². The summed E-state index contributed by atoms with van der Waals surface area (Å²) >= 11 is 0. The molecule has 124 valence electrons. The summed E-state index contributed by atoms with van der Waals surface area (Å²) in [4.78, 5) is 14.1. The van der Waals surface area contributed by atoms with E-state index in [1.807, 2.05) is 31.3 Å². The SMILES string of the molecule is COc1ccccc1[C@@H](C)N(C)CCC(=O)Nc1cc(C)on1. The lowest BCUT2D eigenvalue weighted by atomic mass is 10.1. The maximum absolute atomic E-state index is 12.0. The van der Waals surface area contributed by atoms with Crippen molar-refractivity contribution >= 4 is 11.7 Å². The van der Waals surface area contributed by atoms with Gasteiger partial charge >= 0.3 is 0 Å². The highest BCUT2D eigenvalue weighted by atomic mass is 16.5. The van der Waals surface area contributed by atoms with Crippen LogP contribution in [0.4, 0.5) is 5.82 Å². The van der Waals surface area contributed by atoms with E-state index in [1.165, 1.54) is 0 Å². The van der Waals surface area contributed by atoms with E-state index in [-0.39, 0.29) is 11.9 Å². The number of nitrogens with one attached hydrogen (secondary N) is 1. The van der Waals surface area contributed by atoms with Crippen LogP contribution in [-0.4, -0.2) is 36.7 Å². The topological polar surface area (TPSA) is 67.6 Å². The molecule has 1 aromatic heterocycles. The number of para-hydroxylation sites is 1. The molecule has 23 heavy (non-hydrogen) atoms. The fourth-order valence-electron chi connectivity index (χ4n) is 2.35. The van der Waals surface area contributed by atoms with Crippen molar-refractivity contribution in [1.82, 2.24) is 10.1 Å². The number of rotatable bonds is 7. The molecular weight excluding hydrogens is 294 g/mol. The minimum absolute atomic E-state index is 0.0858. The minimum atomic E-state index is -0.0858. The molecule has 0 aliphatic heterocycles. The number of anilines is 1. The van der Waals surface area contributed by atoms with Gasteiger partial charge in [-0.05, 0) is 27.0 Å². The zero-order valence-corrected chi connectivity index (χ0v) is 14.0. The molecule has 0 bridgehead atoms. The fraction of sp³-hybridized carbons (Fsp3) is 0.412. The zero-order valence-electron chi connectivity index (χ0n) is 14.0. The van der Waals surface area contributed by atoms with E-state index in [0.717, 1.165) is 11.3 Å². The first-order valence-electron chi connectivity index (χ1n) is 7.57. The molecule has 2 aromatic rings. The van der Waals surface area contributed by atoms with Crippen molar-refractivity contribution in [3.05, 3.63) is 41.7 Å². The van der Waals surface area contributed by atoms with E-state index in [9.17, 15) is 4.79 Å². The number of nitrogens with zero attached hydrogens (tertiary/aromatic N) is 2. The molecule has 0 saturated carbocycles. The first-order valence-corrected chi connectivity index (χ1v) is 7.57. The van der Waals surface area contributed by atoms with Gasteiger partial charge in [0.1, 0.15) is 11.5 Å². The maximum Gasteiger partial charge on any atom is 0.226 e. The Hall–Kier alpha value is -2.34. The first kappa shape index (κ1) is 17.0. The highest BCUT2D eigenvalue weighted by Crippen LogP contribution is 2.28. The Morgan fingerprint density at radius 3 is 2.83 bits per heavy atom. The minimum Gasteiger partial charge on any atom is -0.496 e. The molecule has 0 spiro atoms. The number of aryl methyl sites for hydroxylation is 1. The van der Waals surface area contributed by atoms with Crippen molar-refractivity contribution in [1.29, 1.82) is 0 Å². The molecule has 1 atom stereocenters. The van der Waals surface area contributed by atoms with Crippen LogP contribution in [0.2, 0.25) is 0 Å². The molecule has 0 aliphatic rings. The third-order valence-electron chi connectivity index (χ3n) is 3.84. The van der Waals surface area contributed by atoms with Crippen LogP contribution in [0, 0.1) is 6.92 Å². The number of carbonyl (C=O) groups is 1. The van der Waals surface area contributed by atoms with Gasteiger partial charge in [0.05, 0.1) is 7.11 Å². The summed E-state index contributed by atoms with van der Waals surface area (Å²) < 4.78 is 10.3. The smallest absolute Gasteiger partial charge is 0.226 e. The van der Waals surface area contributed by atoms with Gasteiger partial charge in [-0.3, -0.25) is 9.69 Å². The number of benzene rings is 1. The molecule has 6 nitrogen and oxygen atoms in total. The number of ether oxygens (including phenoxy) is 1. The molecule has 1 amide bonds. The van der Waals surface area contributed by atoms with Crippen molar-refractivity contribution in [2.24, 2.45) is 0 Å². The number of hydrogen-bond donors (Lipinski definition) is 1. The van der Waals surface area contributed by atoms with Gasteiger partial charge in [0, 0.05) is 30.6 Å². The predicted octanol–water partition coefficient (Wildman–Crippen LogP) is 3.01. The second-order valence-corrected chi connectivity index (χ2v) is 5.52. The molecule has 0 unspecified atom stereocenters. The molecular formula is C17H23N3O3. The van der Waals surface area contributed by atoms with Gasteiger partial charge in [-0.1, -0.05) is 23.4 Å². The average Bonchev–Trinajstić information content (AvgIpc) is 2.96. The van der Waals surface area contributed by atoms with Gasteiger partial charge in [0.2, 0.25) is 5.91 Å². The fourth-order valence-corrected chi connectivity index (χ4v) is 2.35. The van der Waals surface area contributed by atoms with Crippen molar-refractivity contribution < 1.29 is 14.1 Å². The summed E-state index contributed by atoms with van der Waals surface area (Å²) in [5, 5.41) is 6.48. The molecule has 0 saturated heterocycles. The second kappa shape index (κ2) is 7.78. The summed E-state index contributed by atoms with van der Waals surface area (Å²) in [6, 6.07) is 9.76. The Bertz CT molecular complexity index is 654. The van der Waals surface area contributed by atoms with Crippen LogP contribution in [0.3, 0.4) is 0 Å². The van der Waals surface area contributed by atoms with Gasteiger partial charge in [-0.25, -0.2) is 0 Å². The number of aromatic nitrogens is 1. The molecule has 0 fully saturated rings. The van der Waals surface area contributed by atoms with Crippen LogP contribution in [-0.2, 0) is 4.79 Å². The van der Waals surface area contributed by atoms with Gasteiger partial charge < -0.3 is 14.6 Å². The molecule has 0 aliphatic carbocycles. The predicted molar refractivity (Wildman–Crippen MR) is 88.5 cm³/mol. The quantitative estimate of drug-likeness (QED) is 0.850. The third-order valence-corrected chi connectivity index (χ3v) is 3.84. The number of hydrogen-bond acceptors (Lipinski definition) is 5. The summed E-state index contributed by atoms with van der Waals surface area (Å²) in [5.41, 5.74) is 1.10. The van der Waals surface area contributed by atoms with Crippen LogP contribution in [0.5, 0.6) is 5.75 Å². The number of carbonyl (C=O) groups excluding carboxylic acids is 1. The summed E-state index contributed by atoms with van der Waals surface area (Å²) in [6.45, 7) is 4.50. The highest BCUT2D eigenvalue weighted by Gasteiger charge is 2.16. The van der Waals surface area contributed by atoms with Crippen LogP contribution >= 0.6 is 0 Å². The van der Waals surface area contributed by atoms with Crippen LogP contribution in [0.25, 0.3) is 0 Å². The van der Waals surface area contributed by atoms with Gasteiger partial charge in [-0.15, -0.1) is 0 Å². The Balaban J connectivity index is 1.88. The van der Waals surface area contributed by atoms with E-state index in [4.69, 9.17) is 9.26 Å². The molecule has 1 N–H and O–H groups in total. The summed E-state index contributed by atoms with van der Waals surface area (Å²) in [7, 11) is 3.66. The van der Waals surface area contributed by atoms with E-state index in [0.29, 0.717) is 24.5 Å². The Morgan fingerprint density at radius 2 is 2.17 bits per heavy atom. The van der Waals surface area contributed by atoms with Crippen molar-refractivity contribution in [3.8, 4) is 5.75 Å². The van der Waals surface area contributed by atoms with E-state index >= 15 is 0 Å². The molecule has 0 radical (unpaired) electrons. The number of methoxy groups -OCH3 is 1. The van der Waals surface area contributed by atoms with E-state index < -0.39 is 0 Å². The third kappa shape index (κ3) is 4.56. The standard InChI is InChI=1S/C17H23N3O3/c1-12-11-16(19-23-12)18-17(21)9-10-20(3)13(2)14-7-5-6-8-15(14)22-4/h5-8,11,13H,9-10H2,1-4H3,(H,18,19,21)/t13-/m1/s1. The largest absolute Gasteiger partial charge is 0.496 e. The Kier molecular flexibility index (Phi) is 5.76. The van der Waals surface area contributed by atoms with E-state index in [2.05, 4.69) is 22.3 Å².